The standard InChI is InChI=1S/C18H19FN2O2/c1-12-4-3-5-13(2)18(12)21-17(23)10-16(22)20-11-14-6-8-15(19)9-7-14/h3-9H,10-11H2,1-2H3,(H,20,22)(H,21,23). The smallest absolute Gasteiger partial charge is 0.233 e. The van der Waals surface area contributed by atoms with Crippen LogP contribution in [0, 0.1) is 19.7 Å². The summed E-state index contributed by atoms with van der Waals surface area (Å²) in [5, 5.41) is 5.41. The number of carbonyl (C=O) groups is 2. The fraction of sp³-hybridized carbons (Fsp3) is 0.222. The number of hydrogen-bond donors (Lipinski definition) is 2. The molecule has 120 valence electrons. The zero-order valence-corrected chi connectivity index (χ0v) is 13.2. The molecule has 2 aromatic rings. The third-order valence-corrected chi connectivity index (χ3v) is 3.47. The summed E-state index contributed by atoms with van der Waals surface area (Å²) in [6.07, 6.45) is -0.255. The van der Waals surface area contributed by atoms with Gasteiger partial charge in [0.2, 0.25) is 11.8 Å². The number of carbonyl (C=O) groups excluding carboxylic acids is 2. The molecule has 2 rings (SSSR count). The van der Waals surface area contributed by atoms with Gasteiger partial charge in [-0.3, -0.25) is 9.59 Å². The van der Waals surface area contributed by atoms with Crippen LogP contribution in [0.2, 0.25) is 0 Å². The molecule has 0 saturated carbocycles. The molecule has 0 atom stereocenters. The van der Waals surface area contributed by atoms with Gasteiger partial charge < -0.3 is 10.6 Å². The Kier molecular flexibility index (Phi) is 5.46. The van der Waals surface area contributed by atoms with Crippen LogP contribution >= 0.6 is 0 Å². The number of nitrogens with one attached hydrogen (secondary N) is 2. The van der Waals surface area contributed by atoms with Crippen molar-refractivity contribution in [1.29, 1.82) is 0 Å². The van der Waals surface area contributed by atoms with Crippen molar-refractivity contribution in [2.24, 2.45) is 0 Å². The van der Waals surface area contributed by atoms with E-state index < -0.39 is 0 Å². The van der Waals surface area contributed by atoms with Gasteiger partial charge in [0.1, 0.15) is 12.2 Å². The van der Waals surface area contributed by atoms with E-state index in [0.29, 0.717) is 0 Å². The van der Waals surface area contributed by atoms with Gasteiger partial charge >= 0.3 is 0 Å². The van der Waals surface area contributed by atoms with Gasteiger partial charge in [-0.1, -0.05) is 30.3 Å². The summed E-state index contributed by atoms with van der Waals surface area (Å²) in [6, 6.07) is 11.5. The van der Waals surface area contributed by atoms with Crippen LogP contribution in [-0.2, 0) is 16.1 Å². The lowest BCUT2D eigenvalue weighted by molar-refractivity contribution is -0.126. The maximum absolute atomic E-state index is 12.8. The maximum atomic E-state index is 12.8. The summed E-state index contributed by atoms with van der Waals surface area (Å²) in [6.45, 7) is 4.06. The molecule has 0 fully saturated rings. The number of rotatable bonds is 5. The number of benzene rings is 2. The highest BCUT2D eigenvalue weighted by atomic mass is 19.1. The Bertz CT molecular complexity index is 691. The first-order chi connectivity index (χ1) is 11.0. The summed E-state index contributed by atoms with van der Waals surface area (Å²) >= 11 is 0. The van der Waals surface area contributed by atoms with Crippen molar-refractivity contribution in [3.8, 4) is 0 Å². The fourth-order valence-corrected chi connectivity index (χ4v) is 2.21. The second-order valence-electron chi connectivity index (χ2n) is 5.39. The van der Waals surface area contributed by atoms with Crippen LogP contribution in [0.3, 0.4) is 0 Å². The average Bonchev–Trinajstić information content (AvgIpc) is 2.50. The summed E-state index contributed by atoms with van der Waals surface area (Å²) in [5.74, 6) is -1.06. The maximum Gasteiger partial charge on any atom is 0.233 e. The quantitative estimate of drug-likeness (QED) is 0.833. The van der Waals surface area contributed by atoms with Crippen molar-refractivity contribution in [1.82, 2.24) is 5.32 Å². The number of para-hydroxylation sites is 1. The highest BCUT2D eigenvalue weighted by Gasteiger charge is 2.11. The first-order valence-electron chi connectivity index (χ1n) is 7.33. The number of anilines is 1. The summed E-state index contributed by atoms with van der Waals surface area (Å²) in [5.41, 5.74) is 3.41. The molecule has 0 saturated heterocycles. The molecule has 2 N–H and O–H groups in total. The third-order valence-electron chi connectivity index (χ3n) is 3.47. The molecule has 2 aromatic carbocycles. The van der Waals surface area contributed by atoms with Crippen molar-refractivity contribution in [2.45, 2.75) is 26.8 Å². The predicted octanol–water partition coefficient (Wildman–Crippen LogP) is 3.09. The van der Waals surface area contributed by atoms with E-state index in [1.165, 1.54) is 12.1 Å². The van der Waals surface area contributed by atoms with E-state index in [2.05, 4.69) is 10.6 Å². The molecular weight excluding hydrogens is 295 g/mol. The number of hydrogen-bond acceptors (Lipinski definition) is 2. The normalized spacial score (nSPS) is 10.2. The first kappa shape index (κ1) is 16.7. The topological polar surface area (TPSA) is 58.2 Å². The molecule has 0 radical (unpaired) electrons. The van der Waals surface area contributed by atoms with Crippen LogP contribution in [0.4, 0.5) is 10.1 Å². The van der Waals surface area contributed by atoms with E-state index in [1.54, 1.807) is 12.1 Å². The van der Waals surface area contributed by atoms with Gasteiger partial charge in [0.05, 0.1) is 0 Å². The Hall–Kier alpha value is -2.69. The lowest BCUT2D eigenvalue weighted by atomic mass is 10.1. The van der Waals surface area contributed by atoms with Crippen LogP contribution in [0.5, 0.6) is 0 Å². The molecule has 0 aliphatic heterocycles. The average molecular weight is 314 g/mol. The third kappa shape index (κ3) is 4.92. The van der Waals surface area contributed by atoms with Crippen molar-refractivity contribution < 1.29 is 14.0 Å². The predicted molar refractivity (Wildman–Crippen MR) is 87.4 cm³/mol. The van der Waals surface area contributed by atoms with Gasteiger partial charge in [0.15, 0.2) is 0 Å². The lowest BCUT2D eigenvalue weighted by Crippen LogP contribution is -2.28. The minimum Gasteiger partial charge on any atom is -0.352 e. The molecule has 0 unspecified atom stereocenters. The zero-order chi connectivity index (χ0) is 16.8. The van der Waals surface area contributed by atoms with E-state index in [-0.39, 0.29) is 30.6 Å². The highest BCUT2D eigenvalue weighted by Crippen LogP contribution is 2.19. The minimum absolute atomic E-state index is 0.255. The Morgan fingerprint density at radius 2 is 1.57 bits per heavy atom. The van der Waals surface area contributed by atoms with Gasteiger partial charge in [0.25, 0.3) is 0 Å². The first-order valence-corrected chi connectivity index (χ1v) is 7.33. The molecule has 2 amide bonds. The molecule has 4 nitrogen and oxygen atoms in total. The van der Waals surface area contributed by atoms with E-state index >= 15 is 0 Å². The van der Waals surface area contributed by atoms with E-state index in [9.17, 15) is 14.0 Å². The second kappa shape index (κ2) is 7.54. The number of aryl methyl sites for hydroxylation is 2. The minimum atomic E-state index is -0.377. The van der Waals surface area contributed by atoms with Crippen LogP contribution in [0.15, 0.2) is 42.5 Å². The highest BCUT2D eigenvalue weighted by molar-refractivity contribution is 6.04. The van der Waals surface area contributed by atoms with Crippen molar-refractivity contribution >= 4 is 17.5 Å². The molecule has 0 aliphatic carbocycles. The van der Waals surface area contributed by atoms with Crippen molar-refractivity contribution in [3.05, 3.63) is 65.0 Å². The lowest BCUT2D eigenvalue weighted by Gasteiger charge is -2.11. The van der Waals surface area contributed by atoms with E-state index in [0.717, 1.165) is 22.4 Å². The van der Waals surface area contributed by atoms with E-state index in [4.69, 9.17) is 0 Å². The van der Waals surface area contributed by atoms with Gasteiger partial charge in [-0.05, 0) is 42.7 Å². The molecular formula is C18H19FN2O2. The molecule has 0 aromatic heterocycles. The summed E-state index contributed by atoms with van der Waals surface area (Å²) in [4.78, 5) is 23.8. The second-order valence-corrected chi connectivity index (χ2v) is 5.39. The largest absolute Gasteiger partial charge is 0.352 e. The monoisotopic (exact) mass is 314 g/mol. The Morgan fingerprint density at radius 3 is 2.17 bits per heavy atom. The Balaban J connectivity index is 1.85. The SMILES string of the molecule is Cc1cccc(C)c1NC(=O)CC(=O)NCc1ccc(F)cc1. The van der Waals surface area contributed by atoms with Crippen LogP contribution in [-0.4, -0.2) is 11.8 Å². The van der Waals surface area contributed by atoms with Crippen LogP contribution in [0.1, 0.15) is 23.1 Å². The number of amides is 2. The Labute approximate surface area is 134 Å². The molecule has 5 heteroatoms. The van der Waals surface area contributed by atoms with Crippen molar-refractivity contribution in [3.63, 3.8) is 0 Å². The van der Waals surface area contributed by atoms with Crippen molar-refractivity contribution in [2.75, 3.05) is 5.32 Å². The molecule has 0 aliphatic rings. The fourth-order valence-electron chi connectivity index (χ4n) is 2.21. The van der Waals surface area contributed by atoms with Gasteiger partial charge in [-0.15, -0.1) is 0 Å². The van der Waals surface area contributed by atoms with Gasteiger partial charge in [0, 0.05) is 12.2 Å². The molecule has 0 heterocycles. The Morgan fingerprint density at radius 1 is 0.957 bits per heavy atom. The van der Waals surface area contributed by atoms with Gasteiger partial charge in [-0.2, -0.15) is 0 Å². The zero-order valence-electron chi connectivity index (χ0n) is 13.2. The van der Waals surface area contributed by atoms with E-state index in [1.807, 2.05) is 32.0 Å². The summed E-state index contributed by atoms with van der Waals surface area (Å²) < 4.78 is 12.8. The van der Waals surface area contributed by atoms with Gasteiger partial charge in [-0.25, -0.2) is 4.39 Å². The molecule has 0 bridgehead atoms. The van der Waals surface area contributed by atoms with Crippen LogP contribution in [0.25, 0.3) is 0 Å². The number of halogens is 1. The molecule has 0 spiro atoms. The van der Waals surface area contributed by atoms with Crippen LogP contribution < -0.4 is 10.6 Å². The summed E-state index contributed by atoms with van der Waals surface area (Å²) in [7, 11) is 0. The molecule has 23 heavy (non-hydrogen) atoms.